The summed E-state index contributed by atoms with van der Waals surface area (Å²) in [4.78, 5) is 1.55. The minimum atomic E-state index is -0.824. The van der Waals surface area contributed by atoms with Crippen molar-refractivity contribution in [3.8, 4) is 0 Å². The number of aryl methyl sites for hydroxylation is 1. The quantitative estimate of drug-likeness (QED) is 0.489. The Balaban J connectivity index is 2.04. The van der Waals surface area contributed by atoms with Gasteiger partial charge in [0.05, 0.1) is 0 Å². The van der Waals surface area contributed by atoms with Crippen molar-refractivity contribution in [2.45, 2.75) is 51.9 Å². The Hall–Kier alpha value is 0.613. The van der Waals surface area contributed by atoms with E-state index in [2.05, 4.69) is 19.1 Å². The third-order valence-corrected chi connectivity index (χ3v) is 8.65. The molecule has 1 aromatic rings. The van der Waals surface area contributed by atoms with Crippen molar-refractivity contribution in [1.82, 2.24) is 0 Å². The second-order valence-corrected chi connectivity index (χ2v) is 9.90. The Kier molecular flexibility index (Phi) is 7.96. The summed E-state index contributed by atoms with van der Waals surface area (Å²) in [7, 11) is 5.96. The summed E-state index contributed by atoms with van der Waals surface area (Å²) >= 11 is 1.13. The molecular weight excluding hydrogens is 277 g/mol. The average molecular weight is 296 g/mol. The maximum absolute atomic E-state index is 5.96. The van der Waals surface area contributed by atoms with Crippen molar-refractivity contribution in [3.63, 3.8) is 0 Å². The first-order valence-electron chi connectivity index (χ1n) is 6.00. The normalized spacial score (nSPS) is 10.3. The van der Waals surface area contributed by atoms with Gasteiger partial charge in [-0.05, 0) is 0 Å². The Morgan fingerprint density at radius 2 is 1.87 bits per heavy atom. The molecule has 15 heavy (non-hydrogen) atoms. The first-order valence-corrected chi connectivity index (χ1v) is 12.2. The van der Waals surface area contributed by atoms with Crippen LogP contribution in [0.1, 0.15) is 50.3 Å². The number of unbranched alkanes of at least 4 members (excludes halogenated alkanes) is 5. The van der Waals surface area contributed by atoms with Crippen LogP contribution < -0.4 is 3.47 Å². The van der Waals surface area contributed by atoms with Gasteiger partial charge in [-0.3, -0.25) is 0 Å². The molecule has 1 rings (SSSR count). The monoisotopic (exact) mass is 294 g/mol. The molecule has 0 aromatic carbocycles. The second-order valence-electron chi connectivity index (χ2n) is 4.02. The van der Waals surface area contributed by atoms with Gasteiger partial charge in [-0.1, -0.05) is 0 Å². The zero-order valence-corrected chi connectivity index (χ0v) is 14.1. The van der Waals surface area contributed by atoms with Crippen LogP contribution in [0.4, 0.5) is 0 Å². The Morgan fingerprint density at radius 3 is 2.53 bits per heavy atom. The molecular formula is C12H19ClSZn. The molecule has 0 amide bonds. The van der Waals surface area contributed by atoms with E-state index >= 15 is 0 Å². The molecule has 0 N–H and O–H groups in total. The molecule has 0 spiro atoms. The molecule has 0 unspecified atom stereocenters. The summed E-state index contributed by atoms with van der Waals surface area (Å²) in [5.74, 6) is 0. The van der Waals surface area contributed by atoms with Crippen LogP contribution in [-0.2, 0) is 22.6 Å². The van der Waals surface area contributed by atoms with Crippen LogP contribution in [-0.4, -0.2) is 0 Å². The van der Waals surface area contributed by atoms with E-state index in [-0.39, 0.29) is 0 Å². The van der Waals surface area contributed by atoms with Gasteiger partial charge in [-0.15, -0.1) is 0 Å². The van der Waals surface area contributed by atoms with Crippen molar-refractivity contribution in [2.75, 3.05) is 0 Å². The summed E-state index contributed by atoms with van der Waals surface area (Å²) in [6.45, 7) is 2.27. The van der Waals surface area contributed by atoms with E-state index in [1.807, 2.05) is 11.3 Å². The third kappa shape index (κ3) is 6.04. The fraction of sp³-hybridized carbons (Fsp3) is 0.667. The first kappa shape index (κ1) is 13.7. The van der Waals surface area contributed by atoms with Crippen LogP contribution in [0.3, 0.4) is 0 Å². The molecule has 0 fully saturated rings. The van der Waals surface area contributed by atoms with Crippen molar-refractivity contribution in [1.29, 1.82) is 0 Å². The molecule has 1 heterocycles. The van der Waals surface area contributed by atoms with Crippen LogP contribution in [0.5, 0.6) is 0 Å². The van der Waals surface area contributed by atoms with E-state index in [0.29, 0.717) is 0 Å². The number of hydrogen-bond acceptors (Lipinski definition) is 1. The van der Waals surface area contributed by atoms with Crippen molar-refractivity contribution < 1.29 is 16.1 Å². The molecule has 0 aliphatic heterocycles. The van der Waals surface area contributed by atoms with Gasteiger partial charge in [-0.25, -0.2) is 0 Å². The Morgan fingerprint density at radius 1 is 1.13 bits per heavy atom. The Bertz CT molecular complexity index is 260. The van der Waals surface area contributed by atoms with E-state index in [9.17, 15) is 0 Å². The van der Waals surface area contributed by atoms with Gasteiger partial charge in [0, 0.05) is 0 Å². The maximum atomic E-state index is 5.96. The molecule has 0 aliphatic carbocycles. The van der Waals surface area contributed by atoms with Gasteiger partial charge in [0.25, 0.3) is 0 Å². The minimum absolute atomic E-state index is 0.824. The van der Waals surface area contributed by atoms with Gasteiger partial charge in [0.15, 0.2) is 0 Å². The van der Waals surface area contributed by atoms with Crippen LogP contribution in [0, 0.1) is 0 Å². The van der Waals surface area contributed by atoms with E-state index in [1.54, 1.807) is 4.88 Å². The number of hydrogen-bond donors (Lipinski definition) is 0. The zero-order chi connectivity index (χ0) is 10.9. The molecule has 0 atom stereocenters. The predicted octanol–water partition coefficient (Wildman–Crippen LogP) is 4.51. The standard InChI is InChI=1S/C12H19S.ClH.Zn/c1-2-3-4-5-6-7-9-12-10-8-11-13-12;;/h8,10H,2-7,9H2,1H3;1H;/q;;+1/p-1. The van der Waals surface area contributed by atoms with Gasteiger partial charge in [0.2, 0.25) is 0 Å². The van der Waals surface area contributed by atoms with Gasteiger partial charge in [-0.2, -0.15) is 0 Å². The van der Waals surface area contributed by atoms with Gasteiger partial charge in [0.1, 0.15) is 0 Å². The van der Waals surface area contributed by atoms with Gasteiger partial charge < -0.3 is 0 Å². The second kappa shape index (κ2) is 8.73. The van der Waals surface area contributed by atoms with Crippen LogP contribution in [0.15, 0.2) is 12.1 Å². The predicted molar refractivity (Wildman–Crippen MR) is 66.9 cm³/mol. The van der Waals surface area contributed by atoms with E-state index in [0.717, 1.165) is 0 Å². The summed E-state index contributed by atoms with van der Waals surface area (Å²) in [5.41, 5.74) is 0. The van der Waals surface area contributed by atoms with Gasteiger partial charge >= 0.3 is 110 Å². The molecule has 0 nitrogen and oxygen atoms in total. The van der Waals surface area contributed by atoms with Crippen molar-refractivity contribution >= 4 is 24.5 Å². The van der Waals surface area contributed by atoms with E-state index in [1.165, 1.54) is 48.4 Å². The molecule has 1 aromatic heterocycles. The molecule has 0 saturated heterocycles. The number of halogens is 1. The van der Waals surface area contributed by atoms with E-state index in [4.69, 9.17) is 9.69 Å². The van der Waals surface area contributed by atoms with Crippen LogP contribution in [0.2, 0.25) is 0 Å². The van der Waals surface area contributed by atoms with Crippen LogP contribution in [0.25, 0.3) is 0 Å². The first-order chi connectivity index (χ1) is 7.36. The van der Waals surface area contributed by atoms with Crippen molar-refractivity contribution in [2.24, 2.45) is 0 Å². The molecule has 3 heteroatoms. The van der Waals surface area contributed by atoms with Crippen LogP contribution >= 0.6 is 21.0 Å². The molecule has 0 bridgehead atoms. The summed E-state index contributed by atoms with van der Waals surface area (Å²) < 4.78 is 1.49. The zero-order valence-electron chi connectivity index (χ0n) is 9.60. The van der Waals surface area contributed by atoms with E-state index < -0.39 is 16.1 Å². The average Bonchev–Trinajstić information content (AvgIpc) is 2.71. The number of rotatable bonds is 8. The molecule has 0 aliphatic rings. The summed E-state index contributed by atoms with van der Waals surface area (Å²) in [5, 5.41) is 0. The third-order valence-electron chi connectivity index (χ3n) is 2.63. The Labute approximate surface area is 109 Å². The fourth-order valence-corrected chi connectivity index (χ4v) is 5.88. The molecule has 0 radical (unpaired) electrons. The molecule has 0 saturated carbocycles. The summed E-state index contributed by atoms with van der Waals surface area (Å²) in [6, 6.07) is 4.52. The summed E-state index contributed by atoms with van der Waals surface area (Å²) in [6.07, 6.45) is 9.62. The van der Waals surface area contributed by atoms with Crippen molar-refractivity contribution in [3.05, 3.63) is 17.0 Å². The SMILES string of the molecule is CCCCCCCCc1cc[c]([Zn][Cl])s1. The molecule has 82 valence electrons. The topological polar surface area (TPSA) is 0 Å². The number of thiophene rings is 1. The fourth-order valence-electron chi connectivity index (χ4n) is 1.71.